The summed E-state index contributed by atoms with van der Waals surface area (Å²) in [5.41, 5.74) is 0.960. The number of sulfonamides is 1. The number of hydrogen-bond donors (Lipinski definition) is 1. The number of aryl methyl sites for hydroxylation is 1. The highest BCUT2D eigenvalue weighted by molar-refractivity contribution is 8.02. The average molecular weight is 352 g/mol. The van der Waals surface area contributed by atoms with E-state index in [-0.39, 0.29) is 21.7 Å². The SMILES string of the molecule is Cc1ccccc1C1=C(O)c2cnccc2N(CC(F)F)S1(=O)=O. The molecule has 24 heavy (non-hydrogen) atoms. The molecule has 126 valence electrons. The van der Waals surface area contributed by atoms with Gasteiger partial charge in [-0.2, -0.15) is 0 Å². The molecular formula is C16H14F2N2O3S. The molecule has 0 bridgehead atoms. The minimum absolute atomic E-state index is 0.0138. The fourth-order valence-corrected chi connectivity index (χ4v) is 4.50. The predicted octanol–water partition coefficient (Wildman–Crippen LogP) is 3.19. The number of benzene rings is 1. The number of aliphatic hydroxyl groups is 1. The van der Waals surface area contributed by atoms with E-state index in [2.05, 4.69) is 4.98 Å². The maximum atomic E-state index is 13.0. The van der Waals surface area contributed by atoms with Crippen LogP contribution >= 0.6 is 0 Å². The van der Waals surface area contributed by atoms with Crippen molar-refractivity contribution in [2.45, 2.75) is 13.3 Å². The molecule has 0 aliphatic carbocycles. The fraction of sp³-hybridized carbons (Fsp3) is 0.188. The Morgan fingerprint density at radius 2 is 1.92 bits per heavy atom. The molecule has 0 fully saturated rings. The molecule has 0 spiro atoms. The van der Waals surface area contributed by atoms with Gasteiger partial charge in [0, 0.05) is 18.0 Å². The Kier molecular flexibility index (Phi) is 4.00. The lowest BCUT2D eigenvalue weighted by molar-refractivity contribution is 0.159. The molecule has 1 N–H and O–H groups in total. The van der Waals surface area contributed by atoms with Crippen LogP contribution in [0.2, 0.25) is 0 Å². The Balaban J connectivity index is 2.34. The fourth-order valence-electron chi connectivity index (χ4n) is 2.69. The van der Waals surface area contributed by atoms with Gasteiger partial charge in [-0.15, -0.1) is 0 Å². The summed E-state index contributed by atoms with van der Waals surface area (Å²) in [4.78, 5) is 3.47. The Bertz CT molecular complexity index is 926. The van der Waals surface area contributed by atoms with E-state index in [1.807, 2.05) is 0 Å². The molecule has 3 rings (SSSR count). The van der Waals surface area contributed by atoms with Crippen LogP contribution in [0.4, 0.5) is 14.5 Å². The third-order valence-corrected chi connectivity index (χ3v) is 5.63. The van der Waals surface area contributed by atoms with Gasteiger partial charge in [0.25, 0.3) is 16.4 Å². The minimum Gasteiger partial charge on any atom is -0.506 e. The summed E-state index contributed by atoms with van der Waals surface area (Å²) in [5.74, 6) is -0.488. The Labute approximate surface area is 137 Å². The summed E-state index contributed by atoms with van der Waals surface area (Å²) >= 11 is 0. The zero-order chi connectivity index (χ0) is 17.5. The normalized spacial score (nSPS) is 16.4. The third kappa shape index (κ3) is 2.52. The van der Waals surface area contributed by atoms with Crippen LogP contribution in [0.5, 0.6) is 0 Å². The zero-order valence-electron chi connectivity index (χ0n) is 12.6. The topological polar surface area (TPSA) is 70.5 Å². The van der Waals surface area contributed by atoms with E-state index < -0.39 is 28.8 Å². The van der Waals surface area contributed by atoms with Crippen LogP contribution in [-0.2, 0) is 10.0 Å². The number of halogens is 2. The van der Waals surface area contributed by atoms with Crippen molar-refractivity contribution in [1.82, 2.24) is 4.98 Å². The first kappa shape index (κ1) is 16.4. The summed E-state index contributed by atoms with van der Waals surface area (Å²) < 4.78 is 52.4. The van der Waals surface area contributed by atoms with Crippen molar-refractivity contribution in [1.29, 1.82) is 0 Å². The lowest BCUT2D eigenvalue weighted by Crippen LogP contribution is -2.38. The number of rotatable bonds is 3. The Morgan fingerprint density at radius 3 is 2.58 bits per heavy atom. The van der Waals surface area contributed by atoms with Gasteiger partial charge in [0.1, 0.15) is 10.7 Å². The van der Waals surface area contributed by atoms with Gasteiger partial charge in [0.05, 0.1) is 17.8 Å². The molecule has 1 aromatic carbocycles. The molecule has 0 radical (unpaired) electrons. The van der Waals surface area contributed by atoms with Crippen LogP contribution in [0.3, 0.4) is 0 Å². The quantitative estimate of drug-likeness (QED) is 0.921. The average Bonchev–Trinajstić information content (AvgIpc) is 2.53. The number of alkyl halides is 2. The molecular weight excluding hydrogens is 338 g/mol. The second kappa shape index (κ2) is 5.86. The predicted molar refractivity (Wildman–Crippen MR) is 87.1 cm³/mol. The van der Waals surface area contributed by atoms with Crippen molar-refractivity contribution in [3.05, 3.63) is 59.4 Å². The molecule has 5 nitrogen and oxygen atoms in total. The van der Waals surface area contributed by atoms with E-state index in [4.69, 9.17) is 0 Å². The van der Waals surface area contributed by atoms with E-state index in [0.717, 1.165) is 0 Å². The molecule has 0 unspecified atom stereocenters. The summed E-state index contributed by atoms with van der Waals surface area (Å²) in [6.45, 7) is 0.684. The van der Waals surface area contributed by atoms with Gasteiger partial charge in [-0.1, -0.05) is 24.3 Å². The molecule has 8 heteroatoms. The number of hydrogen-bond acceptors (Lipinski definition) is 4. The van der Waals surface area contributed by atoms with Gasteiger partial charge in [-0.3, -0.25) is 9.29 Å². The molecule has 2 aromatic rings. The van der Waals surface area contributed by atoms with Crippen LogP contribution in [0.25, 0.3) is 10.7 Å². The zero-order valence-corrected chi connectivity index (χ0v) is 13.5. The van der Waals surface area contributed by atoms with Gasteiger partial charge in [0.15, 0.2) is 0 Å². The Morgan fingerprint density at radius 1 is 1.21 bits per heavy atom. The van der Waals surface area contributed by atoms with Crippen molar-refractivity contribution in [3.8, 4) is 0 Å². The molecule has 0 atom stereocenters. The first-order valence-electron chi connectivity index (χ1n) is 7.08. The maximum Gasteiger partial charge on any atom is 0.268 e. The molecule has 0 saturated heterocycles. The largest absolute Gasteiger partial charge is 0.506 e. The standard InChI is InChI=1S/C16H14F2N2O3S/c1-10-4-2-3-5-11(10)16-15(21)12-8-19-7-6-13(12)20(9-14(17)18)24(16,22)23/h2-8,14,21H,9H2,1H3. The van der Waals surface area contributed by atoms with Crippen molar-refractivity contribution in [2.75, 3.05) is 10.8 Å². The first-order valence-corrected chi connectivity index (χ1v) is 8.52. The van der Waals surface area contributed by atoms with Crippen LogP contribution in [0.1, 0.15) is 16.7 Å². The Hall–Kier alpha value is -2.48. The van der Waals surface area contributed by atoms with Crippen molar-refractivity contribution in [3.63, 3.8) is 0 Å². The van der Waals surface area contributed by atoms with Gasteiger partial charge in [-0.25, -0.2) is 17.2 Å². The highest BCUT2D eigenvalue weighted by Gasteiger charge is 2.40. The number of aliphatic hydroxyl groups excluding tert-OH is 1. The summed E-state index contributed by atoms with van der Waals surface area (Å²) in [5, 5.41) is 10.5. The third-order valence-electron chi connectivity index (χ3n) is 3.78. The molecule has 0 amide bonds. The van der Waals surface area contributed by atoms with Crippen LogP contribution in [0.15, 0.2) is 42.7 Å². The molecule has 1 aromatic heterocycles. The number of aromatic nitrogens is 1. The number of anilines is 1. The van der Waals surface area contributed by atoms with Gasteiger partial charge >= 0.3 is 0 Å². The van der Waals surface area contributed by atoms with E-state index >= 15 is 0 Å². The lowest BCUT2D eigenvalue weighted by Gasteiger charge is -2.31. The second-order valence-corrected chi connectivity index (χ2v) is 7.11. The van der Waals surface area contributed by atoms with Crippen LogP contribution in [0, 0.1) is 6.92 Å². The first-order chi connectivity index (χ1) is 11.3. The molecule has 1 aliphatic rings. The summed E-state index contributed by atoms with van der Waals surface area (Å²) in [6, 6.07) is 7.84. The lowest BCUT2D eigenvalue weighted by atomic mass is 10.1. The van der Waals surface area contributed by atoms with Gasteiger partial charge in [-0.05, 0) is 18.6 Å². The second-order valence-electron chi connectivity index (χ2n) is 5.31. The summed E-state index contributed by atoms with van der Waals surface area (Å²) in [7, 11) is -4.34. The number of pyridine rings is 1. The van der Waals surface area contributed by atoms with Crippen molar-refractivity contribution < 1.29 is 22.3 Å². The van der Waals surface area contributed by atoms with Gasteiger partial charge < -0.3 is 5.11 Å². The minimum atomic E-state index is -4.34. The van der Waals surface area contributed by atoms with Gasteiger partial charge in [0.2, 0.25) is 0 Å². The number of fused-ring (bicyclic) bond motifs is 1. The molecule has 2 heterocycles. The van der Waals surface area contributed by atoms with Crippen LogP contribution in [-0.4, -0.2) is 31.5 Å². The van der Waals surface area contributed by atoms with Crippen molar-refractivity contribution in [2.24, 2.45) is 0 Å². The monoisotopic (exact) mass is 352 g/mol. The molecule has 0 saturated carbocycles. The van der Waals surface area contributed by atoms with Crippen molar-refractivity contribution >= 4 is 26.4 Å². The highest BCUT2D eigenvalue weighted by atomic mass is 32.2. The van der Waals surface area contributed by atoms with E-state index in [1.165, 1.54) is 24.5 Å². The molecule has 1 aliphatic heterocycles. The maximum absolute atomic E-state index is 13.0. The van der Waals surface area contributed by atoms with E-state index in [9.17, 15) is 22.3 Å². The van der Waals surface area contributed by atoms with Crippen LogP contribution < -0.4 is 4.31 Å². The summed E-state index contributed by atoms with van der Waals surface area (Å²) in [6.07, 6.45) is -0.311. The smallest absolute Gasteiger partial charge is 0.268 e. The highest BCUT2D eigenvalue weighted by Crippen LogP contribution is 2.42. The van der Waals surface area contributed by atoms with E-state index in [1.54, 1.807) is 25.1 Å². The van der Waals surface area contributed by atoms with E-state index in [0.29, 0.717) is 9.87 Å². The number of nitrogens with zero attached hydrogens (tertiary/aromatic N) is 2.